The van der Waals surface area contributed by atoms with Crippen LogP contribution in [0, 0.1) is 6.92 Å². The second kappa shape index (κ2) is 5.13. The molecule has 0 atom stereocenters. The average Bonchev–Trinajstić information content (AvgIpc) is 2.45. The minimum atomic E-state index is 0.632. The van der Waals surface area contributed by atoms with Crippen LogP contribution in [0.4, 0.5) is 5.69 Å². The van der Waals surface area contributed by atoms with E-state index in [0.717, 1.165) is 26.6 Å². The van der Waals surface area contributed by atoms with Crippen molar-refractivity contribution in [3.05, 3.63) is 58.8 Å². The molecule has 2 aromatic carbocycles. The second-order valence-electron chi connectivity index (χ2n) is 4.59. The molecule has 3 aromatic rings. The standard InChI is InChI=1S/C16H13BrN2O/c1-10-8-12(17)3-5-14(10)20-15-4-2-11-9-19-7-6-13(11)16(15)18/h2-9H,18H2,1H3. The van der Waals surface area contributed by atoms with Crippen LogP contribution in [0.3, 0.4) is 0 Å². The number of aromatic nitrogens is 1. The van der Waals surface area contributed by atoms with Crippen molar-refractivity contribution in [1.82, 2.24) is 4.98 Å². The fourth-order valence-electron chi connectivity index (χ4n) is 2.11. The SMILES string of the molecule is Cc1cc(Br)ccc1Oc1ccc2cnccc2c1N. The van der Waals surface area contributed by atoms with E-state index < -0.39 is 0 Å². The van der Waals surface area contributed by atoms with Crippen LogP contribution in [0.15, 0.2) is 53.3 Å². The summed E-state index contributed by atoms with van der Waals surface area (Å²) < 4.78 is 6.96. The Morgan fingerprint density at radius 1 is 1.10 bits per heavy atom. The van der Waals surface area contributed by atoms with Crippen molar-refractivity contribution in [3.8, 4) is 11.5 Å². The van der Waals surface area contributed by atoms with Crippen LogP contribution in [0.1, 0.15) is 5.56 Å². The number of hydrogen-bond acceptors (Lipinski definition) is 3. The van der Waals surface area contributed by atoms with Crippen molar-refractivity contribution in [2.45, 2.75) is 6.92 Å². The third kappa shape index (κ3) is 2.34. The summed E-state index contributed by atoms with van der Waals surface area (Å²) in [6.45, 7) is 2.00. The molecule has 0 bridgehead atoms. The zero-order valence-electron chi connectivity index (χ0n) is 10.9. The number of ether oxygens (including phenoxy) is 1. The van der Waals surface area contributed by atoms with Gasteiger partial charge in [0.2, 0.25) is 0 Å². The summed E-state index contributed by atoms with van der Waals surface area (Å²) in [5.74, 6) is 1.46. The number of pyridine rings is 1. The number of hydrogen-bond donors (Lipinski definition) is 1. The van der Waals surface area contributed by atoms with Crippen LogP contribution in [0.2, 0.25) is 0 Å². The van der Waals surface area contributed by atoms with Gasteiger partial charge in [0.05, 0.1) is 5.69 Å². The summed E-state index contributed by atoms with van der Waals surface area (Å²) >= 11 is 3.44. The summed E-state index contributed by atoms with van der Waals surface area (Å²) in [5.41, 5.74) is 7.87. The maximum Gasteiger partial charge on any atom is 0.150 e. The van der Waals surface area contributed by atoms with E-state index in [2.05, 4.69) is 20.9 Å². The number of halogens is 1. The molecule has 100 valence electrons. The molecule has 3 rings (SSSR count). The number of aryl methyl sites for hydroxylation is 1. The van der Waals surface area contributed by atoms with Crippen LogP contribution in [-0.2, 0) is 0 Å². The topological polar surface area (TPSA) is 48.1 Å². The molecule has 20 heavy (non-hydrogen) atoms. The molecule has 0 aliphatic heterocycles. The minimum absolute atomic E-state index is 0.632. The van der Waals surface area contributed by atoms with Crippen molar-refractivity contribution in [2.24, 2.45) is 0 Å². The summed E-state index contributed by atoms with van der Waals surface area (Å²) in [7, 11) is 0. The Labute approximate surface area is 125 Å². The number of nitrogens with zero attached hydrogens (tertiary/aromatic N) is 1. The molecule has 4 heteroatoms. The van der Waals surface area contributed by atoms with E-state index >= 15 is 0 Å². The van der Waals surface area contributed by atoms with Gasteiger partial charge in [-0.15, -0.1) is 0 Å². The van der Waals surface area contributed by atoms with Crippen LogP contribution in [0.5, 0.6) is 11.5 Å². The van der Waals surface area contributed by atoms with Gasteiger partial charge in [-0.05, 0) is 48.9 Å². The highest BCUT2D eigenvalue weighted by Crippen LogP contribution is 2.35. The fraction of sp³-hybridized carbons (Fsp3) is 0.0625. The van der Waals surface area contributed by atoms with Crippen LogP contribution in [0.25, 0.3) is 10.8 Å². The lowest BCUT2D eigenvalue weighted by Crippen LogP contribution is -1.95. The fourth-order valence-corrected chi connectivity index (χ4v) is 2.58. The lowest BCUT2D eigenvalue weighted by atomic mass is 10.1. The Hall–Kier alpha value is -2.07. The van der Waals surface area contributed by atoms with E-state index in [1.165, 1.54) is 0 Å². The first-order valence-corrected chi connectivity index (χ1v) is 7.00. The highest BCUT2D eigenvalue weighted by Gasteiger charge is 2.08. The van der Waals surface area contributed by atoms with Crippen LogP contribution >= 0.6 is 15.9 Å². The van der Waals surface area contributed by atoms with E-state index in [-0.39, 0.29) is 0 Å². The zero-order chi connectivity index (χ0) is 14.1. The molecule has 0 fully saturated rings. The molecule has 0 amide bonds. The van der Waals surface area contributed by atoms with Gasteiger partial charge in [-0.25, -0.2) is 0 Å². The highest BCUT2D eigenvalue weighted by atomic mass is 79.9. The molecule has 3 nitrogen and oxygen atoms in total. The molecule has 0 unspecified atom stereocenters. The minimum Gasteiger partial charge on any atom is -0.455 e. The van der Waals surface area contributed by atoms with Gasteiger partial charge in [-0.3, -0.25) is 4.98 Å². The Bertz CT molecular complexity index is 787. The number of nitrogen functional groups attached to an aromatic ring is 1. The second-order valence-corrected chi connectivity index (χ2v) is 5.50. The molecule has 0 aliphatic carbocycles. The van der Waals surface area contributed by atoms with E-state index in [1.807, 2.05) is 43.3 Å². The summed E-state index contributed by atoms with van der Waals surface area (Å²) in [6, 6.07) is 11.6. The van der Waals surface area contributed by atoms with Gasteiger partial charge in [0.1, 0.15) is 5.75 Å². The number of nitrogens with two attached hydrogens (primary N) is 1. The molecule has 0 aliphatic rings. The predicted molar refractivity (Wildman–Crippen MR) is 85.1 cm³/mol. The Kier molecular flexibility index (Phi) is 3.32. The smallest absolute Gasteiger partial charge is 0.150 e. The Morgan fingerprint density at radius 2 is 1.90 bits per heavy atom. The van der Waals surface area contributed by atoms with Gasteiger partial charge < -0.3 is 10.5 Å². The summed E-state index contributed by atoms with van der Waals surface area (Å²) in [6.07, 6.45) is 3.52. The number of fused-ring (bicyclic) bond motifs is 1. The third-order valence-electron chi connectivity index (χ3n) is 3.18. The quantitative estimate of drug-likeness (QED) is 0.695. The molecule has 1 aromatic heterocycles. The van der Waals surface area contributed by atoms with E-state index in [4.69, 9.17) is 10.5 Å². The van der Waals surface area contributed by atoms with Crippen LogP contribution < -0.4 is 10.5 Å². The van der Waals surface area contributed by atoms with E-state index in [0.29, 0.717) is 11.4 Å². The Morgan fingerprint density at radius 3 is 2.70 bits per heavy atom. The first-order chi connectivity index (χ1) is 9.65. The van der Waals surface area contributed by atoms with Gasteiger partial charge in [-0.2, -0.15) is 0 Å². The summed E-state index contributed by atoms with van der Waals surface area (Å²) in [5, 5.41) is 1.96. The first kappa shape index (κ1) is 12.9. The number of anilines is 1. The van der Waals surface area contributed by atoms with Crippen molar-refractivity contribution in [3.63, 3.8) is 0 Å². The largest absolute Gasteiger partial charge is 0.455 e. The first-order valence-electron chi connectivity index (χ1n) is 6.21. The van der Waals surface area contributed by atoms with Crippen molar-refractivity contribution in [1.29, 1.82) is 0 Å². The number of benzene rings is 2. The maximum atomic E-state index is 6.18. The Balaban J connectivity index is 2.04. The van der Waals surface area contributed by atoms with Gasteiger partial charge in [-0.1, -0.05) is 15.9 Å². The van der Waals surface area contributed by atoms with E-state index in [9.17, 15) is 0 Å². The third-order valence-corrected chi connectivity index (χ3v) is 3.67. The normalized spacial score (nSPS) is 10.7. The predicted octanol–water partition coefficient (Wildman–Crippen LogP) is 4.68. The van der Waals surface area contributed by atoms with Crippen molar-refractivity contribution >= 4 is 32.4 Å². The highest BCUT2D eigenvalue weighted by molar-refractivity contribution is 9.10. The summed E-state index contributed by atoms with van der Waals surface area (Å²) in [4.78, 5) is 4.09. The maximum absolute atomic E-state index is 6.18. The van der Waals surface area contributed by atoms with Gasteiger partial charge in [0.15, 0.2) is 5.75 Å². The molecule has 2 N–H and O–H groups in total. The van der Waals surface area contributed by atoms with Gasteiger partial charge >= 0.3 is 0 Å². The lowest BCUT2D eigenvalue weighted by molar-refractivity contribution is 0.482. The van der Waals surface area contributed by atoms with Crippen LogP contribution in [-0.4, -0.2) is 4.98 Å². The van der Waals surface area contributed by atoms with Crippen molar-refractivity contribution < 1.29 is 4.74 Å². The average molecular weight is 329 g/mol. The van der Waals surface area contributed by atoms with E-state index in [1.54, 1.807) is 12.4 Å². The molecule has 1 heterocycles. The monoisotopic (exact) mass is 328 g/mol. The molecule has 0 saturated carbocycles. The molecule has 0 radical (unpaired) electrons. The van der Waals surface area contributed by atoms with Crippen molar-refractivity contribution in [2.75, 3.05) is 5.73 Å². The van der Waals surface area contributed by atoms with Gasteiger partial charge in [0.25, 0.3) is 0 Å². The zero-order valence-corrected chi connectivity index (χ0v) is 12.5. The number of rotatable bonds is 2. The lowest BCUT2D eigenvalue weighted by Gasteiger charge is -2.12. The molecule has 0 spiro atoms. The van der Waals surface area contributed by atoms with Gasteiger partial charge in [0, 0.05) is 27.6 Å². The molecule has 0 saturated heterocycles. The molecular formula is C16H13BrN2O. The molecular weight excluding hydrogens is 316 g/mol.